The lowest BCUT2D eigenvalue weighted by Crippen LogP contribution is -2.43. The normalized spacial score (nSPS) is 19.1. The molecule has 1 aromatic heterocycles. The maximum Gasteiger partial charge on any atom is 0.226 e. The van der Waals surface area contributed by atoms with E-state index in [1.165, 1.54) is 0 Å². The molecule has 1 N–H and O–H groups in total. The number of likely N-dealkylation sites (tertiary alicyclic amines) is 1. The fraction of sp³-hybridized carbons (Fsp3) is 0.571. The Morgan fingerprint density at radius 3 is 2.48 bits per heavy atom. The Morgan fingerprint density at radius 1 is 1.26 bits per heavy atom. The predicted molar refractivity (Wildman–Crippen MR) is 106 cm³/mol. The molecular formula is C21H30N4O2. The van der Waals surface area contributed by atoms with Crippen molar-refractivity contribution in [2.75, 3.05) is 6.54 Å². The zero-order chi connectivity index (χ0) is 19.9. The number of nitrogens with zero attached hydrogens (tertiary/aromatic N) is 3. The van der Waals surface area contributed by atoms with E-state index in [1.54, 1.807) is 4.90 Å². The van der Waals surface area contributed by atoms with E-state index in [1.807, 2.05) is 56.7 Å². The summed E-state index contributed by atoms with van der Waals surface area (Å²) in [5.74, 6) is 0.692. The van der Waals surface area contributed by atoms with Gasteiger partial charge in [0.25, 0.3) is 0 Å². The van der Waals surface area contributed by atoms with Gasteiger partial charge in [0.2, 0.25) is 11.8 Å². The number of carbonyl (C=O) groups is 2. The van der Waals surface area contributed by atoms with Crippen LogP contribution in [0.4, 0.5) is 0 Å². The number of benzene rings is 1. The average Bonchev–Trinajstić information content (AvgIpc) is 3.13. The van der Waals surface area contributed by atoms with Crippen molar-refractivity contribution < 1.29 is 9.59 Å². The van der Waals surface area contributed by atoms with Gasteiger partial charge in [0.05, 0.1) is 23.0 Å². The summed E-state index contributed by atoms with van der Waals surface area (Å²) in [5.41, 5.74) is 1.70. The fourth-order valence-corrected chi connectivity index (χ4v) is 3.77. The SMILES string of the molecule is CC(C)C(NC(=O)C1CC(=O)N(C(C)(C)C)C1)c1nc2ccccc2n1C. The maximum atomic E-state index is 13.0. The largest absolute Gasteiger partial charge is 0.346 e. The molecule has 2 unspecified atom stereocenters. The number of aromatic nitrogens is 2. The first kappa shape index (κ1) is 19.4. The van der Waals surface area contributed by atoms with Crippen LogP contribution in [0.3, 0.4) is 0 Å². The third-order valence-corrected chi connectivity index (χ3v) is 5.37. The van der Waals surface area contributed by atoms with Gasteiger partial charge < -0.3 is 14.8 Å². The Morgan fingerprint density at radius 2 is 1.93 bits per heavy atom. The van der Waals surface area contributed by atoms with Crippen LogP contribution >= 0.6 is 0 Å². The molecule has 2 aromatic rings. The van der Waals surface area contributed by atoms with E-state index in [0.29, 0.717) is 6.54 Å². The Kier molecular flexibility index (Phi) is 5.02. The van der Waals surface area contributed by atoms with Gasteiger partial charge in [-0.3, -0.25) is 9.59 Å². The summed E-state index contributed by atoms with van der Waals surface area (Å²) in [6.07, 6.45) is 0.274. The zero-order valence-corrected chi connectivity index (χ0v) is 17.1. The molecule has 1 aromatic carbocycles. The summed E-state index contributed by atoms with van der Waals surface area (Å²) in [7, 11) is 1.98. The van der Waals surface area contributed by atoms with Crippen molar-refractivity contribution >= 4 is 22.8 Å². The highest BCUT2D eigenvalue weighted by molar-refractivity contribution is 5.89. The average molecular weight is 370 g/mol. The van der Waals surface area contributed by atoms with Crippen LogP contribution in [-0.2, 0) is 16.6 Å². The van der Waals surface area contributed by atoms with Crippen molar-refractivity contribution in [2.45, 2.75) is 52.6 Å². The van der Waals surface area contributed by atoms with E-state index in [2.05, 4.69) is 19.2 Å². The van der Waals surface area contributed by atoms with Crippen LogP contribution in [0.5, 0.6) is 0 Å². The van der Waals surface area contributed by atoms with Crippen LogP contribution < -0.4 is 5.32 Å². The number of rotatable bonds is 4. The molecular weight excluding hydrogens is 340 g/mol. The highest BCUT2D eigenvalue weighted by Crippen LogP contribution is 2.29. The number of imidazole rings is 1. The van der Waals surface area contributed by atoms with E-state index in [-0.39, 0.29) is 41.7 Å². The molecule has 0 radical (unpaired) electrons. The highest BCUT2D eigenvalue weighted by Gasteiger charge is 2.40. The molecule has 2 atom stereocenters. The standard InChI is InChI=1S/C21H30N4O2/c1-13(2)18(19-22-15-9-7-8-10-16(15)24(19)6)23-20(27)14-11-17(26)25(12-14)21(3,4)5/h7-10,13-14,18H,11-12H2,1-6H3,(H,23,27). The van der Waals surface area contributed by atoms with Crippen LogP contribution in [0.1, 0.15) is 52.9 Å². The van der Waals surface area contributed by atoms with Gasteiger partial charge in [0, 0.05) is 25.6 Å². The third kappa shape index (κ3) is 3.70. The maximum absolute atomic E-state index is 13.0. The zero-order valence-electron chi connectivity index (χ0n) is 17.1. The van der Waals surface area contributed by atoms with E-state index < -0.39 is 0 Å². The van der Waals surface area contributed by atoms with E-state index in [4.69, 9.17) is 4.98 Å². The third-order valence-electron chi connectivity index (χ3n) is 5.37. The van der Waals surface area contributed by atoms with Crippen molar-refractivity contribution in [3.8, 4) is 0 Å². The van der Waals surface area contributed by atoms with Gasteiger partial charge in [-0.15, -0.1) is 0 Å². The minimum Gasteiger partial charge on any atom is -0.346 e. The first-order valence-electron chi connectivity index (χ1n) is 9.61. The molecule has 1 saturated heterocycles. The minimum absolute atomic E-state index is 0.0477. The molecule has 1 aliphatic heterocycles. The lowest BCUT2D eigenvalue weighted by molar-refractivity contribution is -0.132. The number of amides is 2. The molecule has 6 nitrogen and oxygen atoms in total. The summed E-state index contributed by atoms with van der Waals surface area (Å²) < 4.78 is 2.04. The van der Waals surface area contributed by atoms with Crippen LogP contribution in [0.2, 0.25) is 0 Å². The second kappa shape index (κ2) is 6.98. The Balaban J connectivity index is 1.82. The van der Waals surface area contributed by atoms with Gasteiger partial charge in [-0.2, -0.15) is 0 Å². The highest BCUT2D eigenvalue weighted by atomic mass is 16.2. The molecule has 27 heavy (non-hydrogen) atoms. The fourth-order valence-electron chi connectivity index (χ4n) is 3.77. The molecule has 0 saturated carbocycles. The Bertz CT molecular complexity index is 863. The van der Waals surface area contributed by atoms with E-state index in [9.17, 15) is 9.59 Å². The van der Waals surface area contributed by atoms with Crippen LogP contribution in [-0.4, -0.2) is 38.3 Å². The van der Waals surface area contributed by atoms with Gasteiger partial charge in [-0.1, -0.05) is 26.0 Å². The summed E-state index contributed by atoms with van der Waals surface area (Å²) in [5, 5.41) is 3.17. The van der Waals surface area contributed by atoms with Gasteiger partial charge in [0.1, 0.15) is 5.82 Å². The smallest absolute Gasteiger partial charge is 0.226 e. The topological polar surface area (TPSA) is 67.2 Å². The van der Waals surface area contributed by atoms with Gasteiger partial charge in [0.15, 0.2) is 0 Å². The molecule has 6 heteroatoms. The quantitative estimate of drug-likeness (QED) is 0.899. The van der Waals surface area contributed by atoms with E-state index in [0.717, 1.165) is 16.9 Å². The predicted octanol–water partition coefficient (Wildman–Crippen LogP) is 3.03. The van der Waals surface area contributed by atoms with Crippen molar-refractivity contribution in [1.82, 2.24) is 19.8 Å². The second-order valence-electron chi connectivity index (χ2n) is 8.82. The summed E-state index contributed by atoms with van der Waals surface area (Å²) in [6, 6.07) is 7.76. The summed E-state index contributed by atoms with van der Waals surface area (Å²) in [4.78, 5) is 31.8. The van der Waals surface area contributed by atoms with Gasteiger partial charge >= 0.3 is 0 Å². The van der Waals surface area contributed by atoms with Crippen molar-refractivity contribution in [3.63, 3.8) is 0 Å². The number of hydrogen-bond donors (Lipinski definition) is 1. The molecule has 0 spiro atoms. The van der Waals surface area contributed by atoms with Gasteiger partial charge in [-0.25, -0.2) is 4.98 Å². The number of fused-ring (bicyclic) bond motifs is 1. The number of carbonyl (C=O) groups excluding carboxylic acids is 2. The lowest BCUT2D eigenvalue weighted by Gasteiger charge is -2.32. The number of hydrogen-bond acceptors (Lipinski definition) is 3. The van der Waals surface area contributed by atoms with E-state index >= 15 is 0 Å². The Hall–Kier alpha value is -2.37. The number of nitrogens with one attached hydrogen (secondary N) is 1. The first-order valence-corrected chi connectivity index (χ1v) is 9.61. The minimum atomic E-state index is -0.312. The first-order chi connectivity index (χ1) is 12.6. The number of para-hydroxylation sites is 2. The van der Waals surface area contributed by atoms with Crippen LogP contribution in [0.15, 0.2) is 24.3 Å². The van der Waals surface area contributed by atoms with Crippen molar-refractivity contribution in [3.05, 3.63) is 30.1 Å². The molecule has 1 fully saturated rings. The summed E-state index contributed by atoms with van der Waals surface area (Å²) >= 11 is 0. The monoisotopic (exact) mass is 370 g/mol. The summed E-state index contributed by atoms with van der Waals surface area (Å²) in [6.45, 7) is 10.6. The van der Waals surface area contributed by atoms with Crippen LogP contribution in [0, 0.1) is 11.8 Å². The number of aryl methyl sites for hydroxylation is 1. The second-order valence-corrected chi connectivity index (χ2v) is 8.82. The molecule has 2 heterocycles. The molecule has 0 bridgehead atoms. The van der Waals surface area contributed by atoms with Gasteiger partial charge in [-0.05, 0) is 38.8 Å². The van der Waals surface area contributed by atoms with Crippen molar-refractivity contribution in [1.29, 1.82) is 0 Å². The lowest BCUT2D eigenvalue weighted by atomic mass is 10.0. The molecule has 2 amide bonds. The molecule has 146 valence electrons. The molecule has 3 rings (SSSR count). The van der Waals surface area contributed by atoms with Crippen LogP contribution in [0.25, 0.3) is 11.0 Å². The molecule has 1 aliphatic rings. The van der Waals surface area contributed by atoms with Crippen molar-refractivity contribution in [2.24, 2.45) is 18.9 Å². The Labute approximate surface area is 160 Å². The molecule has 0 aliphatic carbocycles.